The zero-order valence-corrected chi connectivity index (χ0v) is 27.4. The number of ether oxygens (including phenoxy) is 2. The predicted molar refractivity (Wildman–Crippen MR) is 164 cm³/mol. The molecule has 0 aromatic rings. The number of fused-ring (bicyclic) bond motifs is 1. The highest BCUT2D eigenvalue weighted by atomic mass is 16.6. The number of allylic oxidation sites excluding steroid dienone is 1. The van der Waals surface area contributed by atoms with Crippen LogP contribution in [-0.2, 0) is 23.9 Å². The molecule has 2 amide bonds. The van der Waals surface area contributed by atoms with Crippen molar-refractivity contribution >= 4 is 17.8 Å². The van der Waals surface area contributed by atoms with Gasteiger partial charge in [0.25, 0.3) is 0 Å². The molecule has 3 saturated heterocycles. The lowest BCUT2D eigenvalue weighted by atomic mass is 9.65. The molecule has 1 spiro atoms. The zero-order chi connectivity index (χ0) is 31.7. The SMILES string of the molecule is C=CCCCCOC(=O)[C@H]1[C@H]2C(=O)N([C@@H](CO)C(C)C)C(C(=O)N(CC=C)C(C)(C)CC(C)(C)C)C23CC[C@]1(CC)O3. The van der Waals surface area contributed by atoms with Crippen LogP contribution in [0.5, 0.6) is 0 Å². The summed E-state index contributed by atoms with van der Waals surface area (Å²) >= 11 is 0. The number of hydrogen-bond acceptors (Lipinski definition) is 6. The maximum absolute atomic E-state index is 14.9. The largest absolute Gasteiger partial charge is 0.465 e. The van der Waals surface area contributed by atoms with Gasteiger partial charge in [0.05, 0.1) is 30.8 Å². The second-order valence-corrected chi connectivity index (χ2v) is 14.8. The molecule has 3 heterocycles. The first-order chi connectivity index (χ1) is 19.6. The highest BCUT2D eigenvalue weighted by molar-refractivity contribution is 5.99. The van der Waals surface area contributed by atoms with Crippen LogP contribution in [-0.4, -0.2) is 81.3 Å². The van der Waals surface area contributed by atoms with E-state index in [-0.39, 0.29) is 36.4 Å². The second kappa shape index (κ2) is 12.8. The van der Waals surface area contributed by atoms with Gasteiger partial charge in [-0.3, -0.25) is 14.4 Å². The van der Waals surface area contributed by atoms with Gasteiger partial charge < -0.3 is 24.4 Å². The number of carbonyl (C=O) groups is 3. The molecule has 3 aliphatic heterocycles. The molecule has 42 heavy (non-hydrogen) atoms. The summed E-state index contributed by atoms with van der Waals surface area (Å²) in [6.45, 7) is 24.4. The summed E-state index contributed by atoms with van der Waals surface area (Å²) in [5.74, 6) is -2.70. The maximum atomic E-state index is 14.9. The maximum Gasteiger partial charge on any atom is 0.312 e. The number of carbonyl (C=O) groups excluding carboxylic acids is 3. The van der Waals surface area contributed by atoms with Crippen LogP contribution in [0.2, 0.25) is 0 Å². The van der Waals surface area contributed by atoms with E-state index in [9.17, 15) is 19.5 Å². The smallest absolute Gasteiger partial charge is 0.312 e. The number of likely N-dealkylation sites (tertiary alicyclic amines) is 1. The normalized spacial score (nSPS) is 29.5. The molecule has 3 rings (SSSR count). The molecule has 8 nitrogen and oxygen atoms in total. The van der Waals surface area contributed by atoms with Crippen molar-refractivity contribution in [3.05, 3.63) is 25.3 Å². The molecule has 0 aromatic carbocycles. The van der Waals surface area contributed by atoms with E-state index in [1.165, 1.54) is 0 Å². The topological polar surface area (TPSA) is 96.4 Å². The minimum atomic E-state index is -1.17. The number of esters is 1. The van der Waals surface area contributed by atoms with E-state index < -0.39 is 46.6 Å². The van der Waals surface area contributed by atoms with E-state index in [0.717, 1.165) is 19.3 Å². The van der Waals surface area contributed by atoms with Gasteiger partial charge in [0.1, 0.15) is 17.6 Å². The number of aliphatic hydroxyl groups is 1. The van der Waals surface area contributed by atoms with Crippen molar-refractivity contribution < 1.29 is 29.0 Å². The number of unbranched alkanes of at least 4 members (excludes halogenated alkanes) is 2. The van der Waals surface area contributed by atoms with Crippen molar-refractivity contribution in [2.45, 2.75) is 129 Å². The quantitative estimate of drug-likeness (QED) is 0.159. The van der Waals surface area contributed by atoms with Gasteiger partial charge in [0.2, 0.25) is 11.8 Å². The van der Waals surface area contributed by atoms with Crippen LogP contribution in [0.25, 0.3) is 0 Å². The Kier molecular flexibility index (Phi) is 10.5. The van der Waals surface area contributed by atoms with E-state index in [1.54, 1.807) is 11.0 Å². The first kappa shape index (κ1) is 34.3. The first-order valence-corrected chi connectivity index (χ1v) is 15.9. The van der Waals surface area contributed by atoms with E-state index in [0.29, 0.717) is 32.2 Å². The van der Waals surface area contributed by atoms with Gasteiger partial charge in [0, 0.05) is 12.1 Å². The lowest BCUT2D eigenvalue weighted by Gasteiger charge is -2.47. The summed E-state index contributed by atoms with van der Waals surface area (Å²) in [4.78, 5) is 46.7. The monoisotopic (exact) mass is 588 g/mol. The van der Waals surface area contributed by atoms with Gasteiger partial charge in [-0.1, -0.05) is 53.7 Å². The highest BCUT2D eigenvalue weighted by Crippen LogP contribution is 2.65. The Morgan fingerprint density at radius 3 is 2.36 bits per heavy atom. The molecule has 238 valence electrons. The van der Waals surface area contributed by atoms with Crippen LogP contribution >= 0.6 is 0 Å². The fourth-order valence-electron chi connectivity index (χ4n) is 8.23. The van der Waals surface area contributed by atoms with E-state index in [1.807, 2.05) is 31.7 Å². The number of nitrogens with zero attached hydrogens (tertiary/aromatic N) is 2. The molecular weight excluding hydrogens is 532 g/mol. The van der Waals surface area contributed by atoms with Crippen LogP contribution in [0.3, 0.4) is 0 Å². The molecule has 8 heteroatoms. The van der Waals surface area contributed by atoms with Gasteiger partial charge >= 0.3 is 5.97 Å². The Hall–Kier alpha value is -2.19. The Morgan fingerprint density at radius 1 is 1.17 bits per heavy atom. The molecule has 3 fully saturated rings. The lowest BCUT2D eigenvalue weighted by molar-refractivity contribution is -0.165. The Balaban J connectivity index is 2.12. The summed E-state index contributed by atoms with van der Waals surface area (Å²) in [7, 11) is 0. The third-order valence-corrected chi connectivity index (χ3v) is 9.74. The highest BCUT2D eigenvalue weighted by Gasteiger charge is 2.80. The fraction of sp³-hybridized carbons (Fsp3) is 0.794. The minimum absolute atomic E-state index is 0.0596. The van der Waals surface area contributed by atoms with Gasteiger partial charge in [-0.15, -0.1) is 13.2 Å². The van der Waals surface area contributed by atoms with Gasteiger partial charge in [0.15, 0.2) is 0 Å². The second-order valence-electron chi connectivity index (χ2n) is 14.8. The van der Waals surface area contributed by atoms with Crippen molar-refractivity contribution in [1.29, 1.82) is 0 Å². The van der Waals surface area contributed by atoms with Crippen LogP contribution in [0.1, 0.15) is 100 Å². The molecule has 0 radical (unpaired) electrons. The Bertz CT molecular complexity index is 1030. The summed E-state index contributed by atoms with van der Waals surface area (Å²) < 4.78 is 12.7. The summed E-state index contributed by atoms with van der Waals surface area (Å²) in [6.07, 6.45) is 8.30. The van der Waals surface area contributed by atoms with Gasteiger partial charge in [-0.05, 0) is 70.1 Å². The first-order valence-electron chi connectivity index (χ1n) is 15.9. The molecule has 3 aliphatic rings. The third-order valence-electron chi connectivity index (χ3n) is 9.74. The van der Waals surface area contributed by atoms with E-state index >= 15 is 0 Å². The van der Waals surface area contributed by atoms with Crippen LogP contribution in [0.4, 0.5) is 0 Å². The third kappa shape index (κ3) is 6.08. The summed E-state index contributed by atoms with van der Waals surface area (Å²) in [6, 6.07) is -1.56. The molecule has 2 unspecified atom stereocenters. The average molecular weight is 589 g/mol. The Labute approximate surface area is 253 Å². The molecular formula is C34H56N2O6. The van der Waals surface area contributed by atoms with E-state index in [4.69, 9.17) is 9.47 Å². The van der Waals surface area contributed by atoms with Crippen molar-refractivity contribution in [2.24, 2.45) is 23.2 Å². The van der Waals surface area contributed by atoms with E-state index in [2.05, 4.69) is 47.8 Å². The summed E-state index contributed by atoms with van der Waals surface area (Å²) in [5.41, 5.74) is -2.64. The van der Waals surface area contributed by atoms with Crippen molar-refractivity contribution in [1.82, 2.24) is 9.80 Å². The summed E-state index contributed by atoms with van der Waals surface area (Å²) in [5, 5.41) is 10.5. The van der Waals surface area contributed by atoms with Crippen molar-refractivity contribution in [3.63, 3.8) is 0 Å². The number of amides is 2. The van der Waals surface area contributed by atoms with Crippen molar-refractivity contribution in [2.75, 3.05) is 19.8 Å². The zero-order valence-electron chi connectivity index (χ0n) is 27.4. The molecule has 0 aromatic heterocycles. The molecule has 1 N–H and O–H groups in total. The fourth-order valence-corrected chi connectivity index (χ4v) is 8.23. The van der Waals surface area contributed by atoms with Gasteiger partial charge in [-0.25, -0.2) is 0 Å². The molecule has 6 atom stereocenters. The molecule has 0 aliphatic carbocycles. The Morgan fingerprint density at radius 2 is 1.83 bits per heavy atom. The van der Waals surface area contributed by atoms with Crippen LogP contribution < -0.4 is 0 Å². The van der Waals surface area contributed by atoms with Crippen LogP contribution in [0, 0.1) is 23.2 Å². The standard InChI is InChI=1S/C34H56N2O6/c1-11-14-15-16-20-41-30(40)26-25-28(38)36(24(21-37)23(4)5)27(34(25)18-17-33(26,13-3)42-34)29(39)35(19-12-2)32(9,10)22-31(6,7)8/h11-12,23-27,37H,1-2,13-22H2,3-10H3/t24-,25-,26+,27?,33-,34?/m0/s1. The minimum Gasteiger partial charge on any atom is -0.465 e. The van der Waals surface area contributed by atoms with Crippen LogP contribution in [0.15, 0.2) is 25.3 Å². The molecule has 0 saturated carbocycles. The molecule has 2 bridgehead atoms. The number of rotatable bonds is 15. The van der Waals surface area contributed by atoms with Gasteiger partial charge in [-0.2, -0.15) is 0 Å². The average Bonchev–Trinajstić information content (AvgIpc) is 3.49. The predicted octanol–water partition coefficient (Wildman–Crippen LogP) is 5.29. The van der Waals surface area contributed by atoms with Crippen molar-refractivity contribution in [3.8, 4) is 0 Å². The lowest BCUT2D eigenvalue weighted by Crippen LogP contribution is -2.63. The number of aliphatic hydroxyl groups excluding tert-OH is 1. The number of hydrogen-bond donors (Lipinski definition) is 1.